The van der Waals surface area contributed by atoms with Crippen LogP contribution in [0.5, 0.6) is 0 Å². The summed E-state index contributed by atoms with van der Waals surface area (Å²) in [6, 6.07) is 5.77. The molecule has 1 fully saturated rings. The van der Waals surface area contributed by atoms with Crippen molar-refractivity contribution in [3.05, 3.63) is 23.9 Å². The van der Waals surface area contributed by atoms with Gasteiger partial charge in [-0.3, -0.25) is 0 Å². The second-order valence-corrected chi connectivity index (χ2v) is 6.78. The molecule has 3 N–H and O–H groups in total. The molecule has 4 nitrogen and oxygen atoms in total. The molecule has 1 aliphatic carbocycles. The third kappa shape index (κ3) is 4.48. The molecule has 0 aliphatic heterocycles. The van der Waals surface area contributed by atoms with Gasteiger partial charge in [-0.05, 0) is 52.7 Å². The lowest BCUT2D eigenvalue weighted by molar-refractivity contribution is 0.159. The first-order chi connectivity index (χ1) is 8.77. The molecule has 0 saturated heterocycles. The first-order valence-corrected chi connectivity index (χ1v) is 6.96. The monoisotopic (exact) mass is 263 g/mol. The lowest BCUT2D eigenvalue weighted by atomic mass is 10.1. The summed E-state index contributed by atoms with van der Waals surface area (Å²) in [6.45, 7) is 8.95. The van der Waals surface area contributed by atoms with Crippen LogP contribution in [0.4, 0.5) is 5.82 Å². The molecular weight excluding hydrogens is 238 g/mol. The van der Waals surface area contributed by atoms with Crippen LogP contribution in [0.3, 0.4) is 0 Å². The van der Waals surface area contributed by atoms with Gasteiger partial charge >= 0.3 is 0 Å². The van der Waals surface area contributed by atoms with Crippen LogP contribution in [0.15, 0.2) is 18.2 Å². The van der Waals surface area contributed by atoms with Gasteiger partial charge in [-0.25, -0.2) is 4.98 Å². The van der Waals surface area contributed by atoms with E-state index in [-0.39, 0.29) is 11.1 Å². The lowest BCUT2D eigenvalue weighted by Crippen LogP contribution is -2.38. The molecule has 1 aliphatic rings. The summed E-state index contributed by atoms with van der Waals surface area (Å²) in [5.74, 6) is 0.854. The maximum absolute atomic E-state index is 10.2. The molecule has 4 heteroatoms. The van der Waals surface area contributed by atoms with Crippen LogP contribution in [0, 0.1) is 0 Å². The molecule has 2 rings (SSSR count). The molecule has 1 atom stereocenters. The number of aromatic nitrogens is 1. The summed E-state index contributed by atoms with van der Waals surface area (Å²) in [4.78, 5) is 4.50. The smallest absolute Gasteiger partial charge is 0.126 e. The van der Waals surface area contributed by atoms with Gasteiger partial charge in [-0.2, -0.15) is 0 Å². The largest absolute Gasteiger partial charge is 0.385 e. The van der Waals surface area contributed by atoms with E-state index < -0.39 is 6.10 Å². The number of pyridine rings is 1. The van der Waals surface area contributed by atoms with Crippen molar-refractivity contribution in [3.63, 3.8) is 0 Å². The number of rotatable bonds is 5. The molecule has 19 heavy (non-hydrogen) atoms. The van der Waals surface area contributed by atoms with Crippen LogP contribution in [-0.4, -0.2) is 27.7 Å². The van der Waals surface area contributed by atoms with Crippen molar-refractivity contribution in [3.8, 4) is 0 Å². The van der Waals surface area contributed by atoms with E-state index in [2.05, 4.69) is 43.3 Å². The van der Waals surface area contributed by atoms with E-state index >= 15 is 0 Å². The van der Waals surface area contributed by atoms with Crippen LogP contribution < -0.4 is 10.6 Å². The molecule has 106 valence electrons. The van der Waals surface area contributed by atoms with Crippen molar-refractivity contribution in [2.75, 3.05) is 11.9 Å². The second-order valence-electron chi connectivity index (χ2n) is 6.78. The van der Waals surface area contributed by atoms with E-state index in [0.717, 1.165) is 5.82 Å². The Bertz CT molecular complexity index is 435. The first-order valence-electron chi connectivity index (χ1n) is 6.96. The van der Waals surface area contributed by atoms with Gasteiger partial charge in [0.15, 0.2) is 0 Å². The molecule has 0 spiro atoms. The molecule has 1 aromatic rings. The molecule has 0 aromatic carbocycles. The van der Waals surface area contributed by atoms with Gasteiger partial charge in [0.2, 0.25) is 0 Å². The van der Waals surface area contributed by atoms with Gasteiger partial charge in [-0.1, -0.05) is 6.07 Å². The fourth-order valence-electron chi connectivity index (χ4n) is 1.84. The molecule has 0 unspecified atom stereocenters. The van der Waals surface area contributed by atoms with Crippen LogP contribution in [0.2, 0.25) is 0 Å². The highest BCUT2D eigenvalue weighted by atomic mass is 16.3. The third-order valence-corrected chi connectivity index (χ3v) is 3.37. The minimum atomic E-state index is -0.576. The highest BCUT2D eigenvalue weighted by Gasteiger charge is 2.37. The zero-order valence-corrected chi connectivity index (χ0v) is 12.3. The van der Waals surface area contributed by atoms with E-state index in [1.807, 2.05) is 18.2 Å². The Hall–Kier alpha value is -1.13. The summed E-state index contributed by atoms with van der Waals surface area (Å²) in [7, 11) is 0. The van der Waals surface area contributed by atoms with Crippen molar-refractivity contribution in [1.82, 2.24) is 10.3 Å². The summed E-state index contributed by atoms with van der Waals surface area (Å²) in [6.07, 6.45) is 1.80. The van der Waals surface area contributed by atoms with Crippen molar-refractivity contribution >= 4 is 5.82 Å². The fourth-order valence-corrected chi connectivity index (χ4v) is 1.84. The normalized spacial score (nSPS) is 19.0. The van der Waals surface area contributed by atoms with E-state index in [4.69, 9.17) is 0 Å². The molecule has 0 amide bonds. The Balaban J connectivity index is 1.97. The van der Waals surface area contributed by atoms with Gasteiger partial charge in [0.1, 0.15) is 11.9 Å². The second kappa shape index (κ2) is 5.10. The summed E-state index contributed by atoms with van der Waals surface area (Å²) >= 11 is 0. The molecular formula is C15H25N3O. The Morgan fingerprint density at radius 2 is 2.05 bits per heavy atom. The van der Waals surface area contributed by atoms with Crippen LogP contribution >= 0.6 is 0 Å². The van der Waals surface area contributed by atoms with Crippen molar-refractivity contribution in [1.29, 1.82) is 0 Å². The Labute approximate surface area is 115 Å². The molecule has 1 aromatic heterocycles. The number of hydrogen-bond acceptors (Lipinski definition) is 4. The number of aliphatic hydroxyl groups excluding tert-OH is 1. The maximum Gasteiger partial charge on any atom is 0.126 e. The zero-order chi connectivity index (χ0) is 14.1. The Morgan fingerprint density at radius 1 is 1.37 bits per heavy atom. The van der Waals surface area contributed by atoms with Crippen molar-refractivity contribution < 1.29 is 5.11 Å². The third-order valence-electron chi connectivity index (χ3n) is 3.37. The minimum Gasteiger partial charge on any atom is -0.385 e. The van der Waals surface area contributed by atoms with Crippen LogP contribution in [-0.2, 0) is 0 Å². The Morgan fingerprint density at radius 3 is 2.63 bits per heavy atom. The number of β-amino-alcohol motifs (C(OH)–C–C–N with tert-alkyl or cyclic N) is 1. The number of nitrogens with zero attached hydrogens (tertiary/aromatic N) is 1. The topological polar surface area (TPSA) is 57.2 Å². The Kier molecular flexibility index (Phi) is 3.83. The average molecular weight is 263 g/mol. The molecule has 1 saturated carbocycles. The van der Waals surface area contributed by atoms with E-state index in [1.165, 1.54) is 12.8 Å². The number of hydrogen-bond donors (Lipinski definition) is 3. The summed E-state index contributed by atoms with van der Waals surface area (Å²) in [5, 5.41) is 16.9. The summed E-state index contributed by atoms with van der Waals surface area (Å²) in [5.41, 5.74) is 0.921. The number of nitrogens with one attached hydrogen (secondary N) is 2. The van der Waals surface area contributed by atoms with Gasteiger partial charge in [0.05, 0.1) is 5.69 Å². The van der Waals surface area contributed by atoms with Crippen molar-refractivity contribution in [2.24, 2.45) is 0 Å². The van der Waals surface area contributed by atoms with Gasteiger partial charge in [-0.15, -0.1) is 0 Å². The molecule has 0 bridgehead atoms. The lowest BCUT2D eigenvalue weighted by Gasteiger charge is -2.23. The standard InChI is InChI=1S/C15H25N3O/c1-14(2,3)16-10-12(19)11-6-5-7-13(17-11)18-15(4)8-9-15/h5-7,12,16,19H,8-10H2,1-4H3,(H,17,18)/t12-/m0/s1. The van der Waals surface area contributed by atoms with E-state index in [9.17, 15) is 5.11 Å². The van der Waals surface area contributed by atoms with Crippen molar-refractivity contribution in [2.45, 2.75) is 57.7 Å². The molecule has 0 radical (unpaired) electrons. The first kappa shape index (κ1) is 14.3. The highest BCUT2D eigenvalue weighted by Crippen LogP contribution is 2.37. The summed E-state index contributed by atoms with van der Waals surface area (Å²) < 4.78 is 0. The van der Waals surface area contributed by atoms with E-state index in [0.29, 0.717) is 12.2 Å². The van der Waals surface area contributed by atoms with Gasteiger partial charge in [0, 0.05) is 17.6 Å². The predicted octanol–water partition coefficient (Wildman–Crippen LogP) is 2.47. The van der Waals surface area contributed by atoms with E-state index in [1.54, 1.807) is 0 Å². The average Bonchev–Trinajstić information content (AvgIpc) is 3.03. The van der Waals surface area contributed by atoms with Gasteiger partial charge < -0.3 is 15.7 Å². The minimum absolute atomic E-state index is 0.00166. The number of aliphatic hydroxyl groups is 1. The SMILES string of the molecule is CC(C)(C)NC[C@H](O)c1cccc(NC2(C)CC2)n1. The van der Waals surface area contributed by atoms with Gasteiger partial charge in [0.25, 0.3) is 0 Å². The fraction of sp³-hybridized carbons (Fsp3) is 0.667. The predicted molar refractivity (Wildman–Crippen MR) is 78.2 cm³/mol. The van der Waals surface area contributed by atoms with Crippen LogP contribution in [0.1, 0.15) is 52.3 Å². The quantitative estimate of drug-likeness (QED) is 0.764. The molecule has 1 heterocycles. The number of anilines is 1. The highest BCUT2D eigenvalue weighted by molar-refractivity contribution is 5.40. The zero-order valence-electron chi connectivity index (χ0n) is 12.3. The van der Waals surface area contributed by atoms with Crippen LogP contribution in [0.25, 0.3) is 0 Å². The maximum atomic E-state index is 10.2.